The first-order valence-electron chi connectivity index (χ1n) is 4.27. The van der Waals surface area contributed by atoms with Gasteiger partial charge in [-0.2, -0.15) is 12.6 Å². The Bertz CT molecular complexity index is 164. The van der Waals surface area contributed by atoms with Gasteiger partial charge < -0.3 is 0 Å². The van der Waals surface area contributed by atoms with Crippen molar-refractivity contribution in [1.29, 1.82) is 0 Å². The van der Waals surface area contributed by atoms with Gasteiger partial charge in [-0.15, -0.1) is 0 Å². The minimum atomic E-state index is -0.595. The summed E-state index contributed by atoms with van der Waals surface area (Å²) in [5.74, 6) is 0.827. The Morgan fingerprint density at radius 2 is 2.45 bits per heavy atom. The van der Waals surface area contributed by atoms with E-state index in [1.54, 1.807) is 0 Å². The average molecular weight is 175 g/mol. The molecular formula is C8H14FNS. The summed E-state index contributed by atoms with van der Waals surface area (Å²) in [4.78, 5) is 2.28. The van der Waals surface area contributed by atoms with Crippen molar-refractivity contribution in [2.75, 3.05) is 18.8 Å². The first kappa shape index (κ1) is 7.87. The summed E-state index contributed by atoms with van der Waals surface area (Å²) in [6.45, 7) is 1.74. The van der Waals surface area contributed by atoms with Crippen molar-refractivity contribution in [2.45, 2.75) is 31.0 Å². The Kier molecular flexibility index (Phi) is 1.88. The summed E-state index contributed by atoms with van der Waals surface area (Å²) in [5.41, 5.74) is 0.141. The maximum atomic E-state index is 13.0. The normalized spacial score (nSPS) is 44.7. The number of halogens is 1. The lowest BCUT2D eigenvalue weighted by molar-refractivity contribution is 0.223. The van der Waals surface area contributed by atoms with Crippen molar-refractivity contribution >= 4 is 12.6 Å². The predicted octanol–water partition coefficient (Wildman–Crippen LogP) is 1.49. The van der Waals surface area contributed by atoms with E-state index in [4.69, 9.17) is 0 Å². The maximum Gasteiger partial charge on any atom is 0.115 e. The van der Waals surface area contributed by atoms with E-state index in [1.807, 2.05) is 0 Å². The van der Waals surface area contributed by atoms with Crippen LogP contribution in [0, 0.1) is 0 Å². The molecule has 2 aliphatic heterocycles. The lowest BCUT2D eigenvalue weighted by Crippen LogP contribution is -2.39. The molecule has 0 amide bonds. The highest BCUT2D eigenvalue weighted by Crippen LogP contribution is 2.40. The van der Waals surface area contributed by atoms with Gasteiger partial charge in [0.25, 0.3) is 0 Å². The Morgan fingerprint density at radius 1 is 1.64 bits per heavy atom. The fourth-order valence-electron chi connectivity index (χ4n) is 2.47. The number of hydrogen-bond acceptors (Lipinski definition) is 2. The lowest BCUT2D eigenvalue weighted by atomic mass is 9.96. The number of rotatable bonds is 1. The van der Waals surface area contributed by atoms with Crippen LogP contribution in [-0.4, -0.2) is 35.5 Å². The molecule has 2 saturated heterocycles. The van der Waals surface area contributed by atoms with Gasteiger partial charge in [-0.1, -0.05) is 0 Å². The second-order valence-electron chi connectivity index (χ2n) is 3.73. The van der Waals surface area contributed by atoms with Crippen LogP contribution in [0.25, 0.3) is 0 Å². The molecule has 2 atom stereocenters. The van der Waals surface area contributed by atoms with Crippen LogP contribution in [-0.2, 0) is 0 Å². The molecule has 2 rings (SSSR count). The molecule has 3 heteroatoms. The van der Waals surface area contributed by atoms with Crippen LogP contribution < -0.4 is 0 Å². The highest BCUT2D eigenvalue weighted by atomic mass is 32.1. The summed E-state index contributed by atoms with van der Waals surface area (Å²) < 4.78 is 13.0. The Hall–Kier alpha value is 0.240. The molecule has 0 aromatic heterocycles. The maximum absolute atomic E-state index is 13.0. The first-order valence-corrected chi connectivity index (χ1v) is 4.90. The molecular weight excluding hydrogens is 161 g/mol. The molecule has 64 valence electrons. The molecule has 0 radical (unpaired) electrons. The van der Waals surface area contributed by atoms with E-state index in [2.05, 4.69) is 17.5 Å². The van der Waals surface area contributed by atoms with Gasteiger partial charge in [0, 0.05) is 17.8 Å². The zero-order chi connectivity index (χ0) is 7.90. The van der Waals surface area contributed by atoms with E-state index in [9.17, 15) is 4.39 Å². The Morgan fingerprint density at radius 3 is 3.09 bits per heavy atom. The van der Waals surface area contributed by atoms with Gasteiger partial charge in [0.1, 0.15) is 6.17 Å². The van der Waals surface area contributed by atoms with Crippen molar-refractivity contribution in [2.24, 2.45) is 0 Å². The van der Waals surface area contributed by atoms with Gasteiger partial charge >= 0.3 is 0 Å². The molecule has 0 aromatic rings. The molecule has 0 N–H and O–H groups in total. The summed E-state index contributed by atoms with van der Waals surface area (Å²) in [7, 11) is 0. The highest BCUT2D eigenvalue weighted by Gasteiger charge is 2.47. The predicted molar refractivity (Wildman–Crippen MR) is 46.9 cm³/mol. The van der Waals surface area contributed by atoms with Crippen molar-refractivity contribution in [1.82, 2.24) is 4.90 Å². The molecule has 1 nitrogen and oxygen atoms in total. The fourth-order valence-corrected chi connectivity index (χ4v) is 2.96. The zero-order valence-corrected chi connectivity index (χ0v) is 7.49. The quantitative estimate of drug-likeness (QED) is 0.591. The van der Waals surface area contributed by atoms with Gasteiger partial charge in [0.05, 0.1) is 0 Å². The van der Waals surface area contributed by atoms with Crippen LogP contribution in [0.1, 0.15) is 19.3 Å². The van der Waals surface area contributed by atoms with Crippen LogP contribution in [0.2, 0.25) is 0 Å². The molecule has 0 bridgehead atoms. The molecule has 11 heavy (non-hydrogen) atoms. The van der Waals surface area contributed by atoms with Crippen LogP contribution >= 0.6 is 12.6 Å². The van der Waals surface area contributed by atoms with Gasteiger partial charge in [-0.25, -0.2) is 4.39 Å². The third-order valence-electron chi connectivity index (χ3n) is 3.06. The van der Waals surface area contributed by atoms with Crippen LogP contribution in [0.4, 0.5) is 4.39 Å². The molecule has 0 spiro atoms. The van der Waals surface area contributed by atoms with Crippen molar-refractivity contribution in [3.63, 3.8) is 0 Å². The molecule has 2 fully saturated rings. The number of hydrogen-bond donors (Lipinski definition) is 1. The van der Waals surface area contributed by atoms with Gasteiger partial charge in [0.15, 0.2) is 0 Å². The van der Waals surface area contributed by atoms with Crippen LogP contribution in [0.15, 0.2) is 0 Å². The third-order valence-corrected chi connectivity index (χ3v) is 3.64. The molecule has 2 aliphatic rings. The van der Waals surface area contributed by atoms with Crippen molar-refractivity contribution < 1.29 is 4.39 Å². The summed E-state index contributed by atoms with van der Waals surface area (Å²) >= 11 is 4.31. The average Bonchev–Trinajstić information content (AvgIpc) is 2.43. The first-order chi connectivity index (χ1) is 5.27. The van der Waals surface area contributed by atoms with E-state index >= 15 is 0 Å². The Balaban J connectivity index is 2.15. The number of thiol groups is 1. The summed E-state index contributed by atoms with van der Waals surface area (Å²) in [5, 5.41) is 0. The second kappa shape index (κ2) is 2.63. The van der Waals surface area contributed by atoms with Gasteiger partial charge in [0.2, 0.25) is 0 Å². The van der Waals surface area contributed by atoms with Crippen LogP contribution in [0.5, 0.6) is 0 Å². The largest absolute Gasteiger partial charge is 0.294 e. The number of fused-ring (bicyclic) bond motifs is 1. The Labute approximate surface area is 72.4 Å². The standard InChI is InChI=1S/C8H14FNS/c9-7-4-8(6-11)2-1-3-10(8)5-7/h7,11H,1-6H2/t7-,8-/m1/s1. The summed E-state index contributed by atoms with van der Waals surface area (Å²) in [6, 6.07) is 0. The van der Waals surface area contributed by atoms with E-state index in [-0.39, 0.29) is 5.54 Å². The molecule has 2 heterocycles. The van der Waals surface area contributed by atoms with E-state index in [0.29, 0.717) is 6.54 Å². The lowest BCUT2D eigenvalue weighted by Gasteiger charge is -2.29. The zero-order valence-electron chi connectivity index (χ0n) is 6.59. The van der Waals surface area contributed by atoms with E-state index in [0.717, 1.165) is 25.1 Å². The second-order valence-corrected chi connectivity index (χ2v) is 4.05. The van der Waals surface area contributed by atoms with Crippen LogP contribution in [0.3, 0.4) is 0 Å². The van der Waals surface area contributed by atoms with Crippen molar-refractivity contribution in [3.8, 4) is 0 Å². The number of nitrogens with zero attached hydrogens (tertiary/aromatic N) is 1. The smallest absolute Gasteiger partial charge is 0.115 e. The SMILES string of the molecule is F[C@H]1CN2CCC[C@]2(CS)C1. The molecule has 0 aliphatic carbocycles. The number of alkyl halides is 1. The third kappa shape index (κ3) is 1.09. The summed E-state index contributed by atoms with van der Waals surface area (Å²) in [6.07, 6.45) is 2.50. The van der Waals surface area contributed by atoms with Crippen molar-refractivity contribution in [3.05, 3.63) is 0 Å². The topological polar surface area (TPSA) is 3.24 Å². The van der Waals surface area contributed by atoms with E-state index in [1.165, 1.54) is 6.42 Å². The monoisotopic (exact) mass is 175 g/mol. The van der Waals surface area contributed by atoms with Gasteiger partial charge in [-0.05, 0) is 25.8 Å². The fraction of sp³-hybridized carbons (Fsp3) is 1.00. The molecule has 0 aromatic carbocycles. The minimum absolute atomic E-state index is 0.141. The molecule has 0 unspecified atom stereocenters. The van der Waals surface area contributed by atoms with E-state index < -0.39 is 6.17 Å². The minimum Gasteiger partial charge on any atom is -0.294 e. The van der Waals surface area contributed by atoms with Gasteiger partial charge in [-0.3, -0.25) is 4.90 Å². The molecule has 0 saturated carbocycles. The highest BCUT2D eigenvalue weighted by molar-refractivity contribution is 7.80.